The fourth-order valence-corrected chi connectivity index (χ4v) is 2.71. The molecule has 0 aliphatic rings. The second kappa shape index (κ2) is 6.40. The lowest BCUT2D eigenvalue weighted by molar-refractivity contribution is 0.0947. The first-order valence-electron chi connectivity index (χ1n) is 7.22. The van der Waals surface area contributed by atoms with Crippen molar-refractivity contribution in [3.05, 3.63) is 34.4 Å². The van der Waals surface area contributed by atoms with Crippen LogP contribution in [0.3, 0.4) is 0 Å². The van der Waals surface area contributed by atoms with Crippen LogP contribution < -0.4 is 11.1 Å². The number of nitrogens with two attached hydrogens (primary N) is 1. The predicted octanol–water partition coefficient (Wildman–Crippen LogP) is 3.11. The Morgan fingerprint density at radius 2 is 1.70 bits per heavy atom. The van der Waals surface area contributed by atoms with Crippen molar-refractivity contribution in [3.8, 4) is 0 Å². The van der Waals surface area contributed by atoms with Gasteiger partial charge in [0.1, 0.15) is 0 Å². The summed E-state index contributed by atoms with van der Waals surface area (Å²) in [4.78, 5) is 12.3. The van der Waals surface area contributed by atoms with Crippen LogP contribution >= 0.6 is 0 Å². The smallest absolute Gasteiger partial charge is 0.251 e. The molecular weight excluding hydrogens is 248 g/mol. The van der Waals surface area contributed by atoms with Crippen molar-refractivity contribution in [3.63, 3.8) is 0 Å². The molecule has 1 atom stereocenters. The van der Waals surface area contributed by atoms with Gasteiger partial charge in [-0.25, -0.2) is 0 Å². The molecule has 0 aliphatic carbocycles. The lowest BCUT2D eigenvalue weighted by atomic mass is 9.88. The molecule has 0 aromatic heterocycles. The molecule has 0 spiro atoms. The number of benzene rings is 1. The normalized spacial score (nSPS) is 13.2. The number of nitrogens with one attached hydrogen (secondary N) is 1. The topological polar surface area (TPSA) is 55.1 Å². The fourth-order valence-electron chi connectivity index (χ4n) is 2.71. The molecule has 3 nitrogen and oxygen atoms in total. The van der Waals surface area contributed by atoms with Crippen molar-refractivity contribution >= 4 is 5.91 Å². The van der Waals surface area contributed by atoms with Crippen LogP contribution in [0.25, 0.3) is 0 Å². The van der Waals surface area contributed by atoms with E-state index in [4.69, 9.17) is 5.73 Å². The highest BCUT2D eigenvalue weighted by Gasteiger charge is 2.18. The number of hydrogen-bond acceptors (Lipinski definition) is 2. The van der Waals surface area contributed by atoms with Gasteiger partial charge in [0, 0.05) is 18.2 Å². The maximum Gasteiger partial charge on any atom is 0.251 e. The maximum absolute atomic E-state index is 12.3. The first-order valence-corrected chi connectivity index (χ1v) is 7.22. The SMILES string of the molecule is Cc1cc(C)c(C(=O)NCC(N)CC(C)(C)C)c(C)c1. The van der Waals surface area contributed by atoms with Crippen LogP contribution in [0, 0.1) is 26.2 Å². The van der Waals surface area contributed by atoms with Crippen molar-refractivity contribution in [1.82, 2.24) is 5.32 Å². The van der Waals surface area contributed by atoms with Crippen LogP contribution in [0.1, 0.15) is 54.2 Å². The molecule has 0 saturated heterocycles. The van der Waals surface area contributed by atoms with E-state index in [1.807, 2.05) is 32.9 Å². The molecule has 0 radical (unpaired) electrons. The van der Waals surface area contributed by atoms with E-state index >= 15 is 0 Å². The first-order chi connectivity index (χ1) is 9.10. The second-order valence-electron chi connectivity index (χ2n) is 7.01. The average molecular weight is 276 g/mol. The molecule has 112 valence electrons. The molecule has 0 aliphatic heterocycles. The van der Waals surface area contributed by atoms with E-state index < -0.39 is 0 Å². The van der Waals surface area contributed by atoms with Crippen molar-refractivity contribution in [2.24, 2.45) is 11.1 Å². The Kier molecular flexibility index (Phi) is 5.35. The molecule has 20 heavy (non-hydrogen) atoms. The summed E-state index contributed by atoms with van der Waals surface area (Å²) in [5.74, 6) is -0.0237. The minimum atomic E-state index is -0.0237. The summed E-state index contributed by atoms with van der Waals surface area (Å²) in [5.41, 5.74) is 10.2. The minimum Gasteiger partial charge on any atom is -0.350 e. The number of carbonyl (C=O) groups excluding carboxylic acids is 1. The van der Waals surface area contributed by atoms with Crippen LogP contribution in [0.15, 0.2) is 12.1 Å². The molecular formula is C17H28N2O. The summed E-state index contributed by atoms with van der Waals surface area (Å²) >= 11 is 0. The summed E-state index contributed by atoms with van der Waals surface area (Å²) in [7, 11) is 0. The molecule has 0 heterocycles. The molecule has 1 rings (SSSR count). The molecule has 1 aromatic carbocycles. The molecule has 0 fully saturated rings. The summed E-state index contributed by atoms with van der Waals surface area (Å²) in [6.07, 6.45) is 0.888. The molecule has 1 unspecified atom stereocenters. The zero-order chi connectivity index (χ0) is 15.5. The van der Waals surface area contributed by atoms with E-state index in [-0.39, 0.29) is 17.4 Å². The lowest BCUT2D eigenvalue weighted by Crippen LogP contribution is -2.39. The Labute approximate surface area is 122 Å². The fraction of sp³-hybridized carbons (Fsp3) is 0.588. The summed E-state index contributed by atoms with van der Waals surface area (Å²) in [6, 6.07) is 4.07. The summed E-state index contributed by atoms with van der Waals surface area (Å²) in [6.45, 7) is 13.0. The Morgan fingerprint density at radius 3 is 2.15 bits per heavy atom. The zero-order valence-electron chi connectivity index (χ0n) is 13.6. The Morgan fingerprint density at radius 1 is 1.20 bits per heavy atom. The predicted molar refractivity (Wildman–Crippen MR) is 85.0 cm³/mol. The molecule has 1 aromatic rings. The van der Waals surface area contributed by atoms with Crippen LogP contribution in [0.5, 0.6) is 0 Å². The number of amides is 1. The highest BCUT2D eigenvalue weighted by molar-refractivity contribution is 5.97. The van der Waals surface area contributed by atoms with Gasteiger partial charge in [-0.1, -0.05) is 38.5 Å². The molecule has 0 saturated carbocycles. The number of rotatable bonds is 4. The van der Waals surface area contributed by atoms with E-state index in [0.717, 1.165) is 23.1 Å². The van der Waals surface area contributed by atoms with Crippen molar-refractivity contribution in [1.29, 1.82) is 0 Å². The third-order valence-corrected chi connectivity index (χ3v) is 3.30. The van der Waals surface area contributed by atoms with Gasteiger partial charge in [0.2, 0.25) is 0 Å². The highest BCUT2D eigenvalue weighted by atomic mass is 16.1. The monoisotopic (exact) mass is 276 g/mol. The zero-order valence-corrected chi connectivity index (χ0v) is 13.6. The average Bonchev–Trinajstić information content (AvgIpc) is 2.22. The van der Waals surface area contributed by atoms with Crippen LogP contribution in [-0.2, 0) is 0 Å². The largest absolute Gasteiger partial charge is 0.350 e. The highest BCUT2D eigenvalue weighted by Crippen LogP contribution is 2.20. The van der Waals surface area contributed by atoms with Gasteiger partial charge in [-0.15, -0.1) is 0 Å². The van der Waals surface area contributed by atoms with Gasteiger partial charge >= 0.3 is 0 Å². The number of carbonyl (C=O) groups is 1. The summed E-state index contributed by atoms with van der Waals surface area (Å²) in [5, 5.41) is 2.96. The van der Waals surface area contributed by atoms with E-state index in [1.54, 1.807) is 0 Å². The van der Waals surface area contributed by atoms with Crippen LogP contribution in [0.4, 0.5) is 0 Å². The van der Waals surface area contributed by atoms with Crippen molar-refractivity contribution in [2.75, 3.05) is 6.54 Å². The summed E-state index contributed by atoms with van der Waals surface area (Å²) < 4.78 is 0. The second-order valence-corrected chi connectivity index (χ2v) is 7.01. The number of aryl methyl sites for hydroxylation is 3. The van der Waals surface area contributed by atoms with E-state index in [0.29, 0.717) is 6.54 Å². The van der Waals surface area contributed by atoms with E-state index in [2.05, 4.69) is 26.1 Å². The van der Waals surface area contributed by atoms with Gasteiger partial charge < -0.3 is 11.1 Å². The van der Waals surface area contributed by atoms with Gasteiger partial charge in [-0.05, 0) is 43.7 Å². The Bertz CT molecular complexity index is 463. The van der Waals surface area contributed by atoms with Gasteiger partial charge in [0.25, 0.3) is 5.91 Å². The molecule has 3 heteroatoms. The standard InChI is InChI=1S/C17H28N2O/c1-11-7-12(2)15(13(3)8-11)16(20)19-10-14(18)9-17(4,5)6/h7-8,14H,9-10,18H2,1-6H3,(H,19,20). The van der Waals surface area contributed by atoms with Crippen LogP contribution in [0.2, 0.25) is 0 Å². The molecule has 3 N–H and O–H groups in total. The molecule has 1 amide bonds. The third kappa shape index (κ3) is 4.97. The van der Waals surface area contributed by atoms with Gasteiger partial charge in [-0.2, -0.15) is 0 Å². The maximum atomic E-state index is 12.3. The quantitative estimate of drug-likeness (QED) is 0.888. The van der Waals surface area contributed by atoms with Crippen molar-refractivity contribution in [2.45, 2.75) is 54.0 Å². The lowest BCUT2D eigenvalue weighted by Gasteiger charge is -2.23. The van der Waals surface area contributed by atoms with Gasteiger partial charge in [-0.3, -0.25) is 4.79 Å². The van der Waals surface area contributed by atoms with E-state index in [1.165, 1.54) is 5.56 Å². The van der Waals surface area contributed by atoms with Crippen molar-refractivity contribution < 1.29 is 4.79 Å². The van der Waals surface area contributed by atoms with Gasteiger partial charge in [0.05, 0.1) is 0 Å². The van der Waals surface area contributed by atoms with Crippen LogP contribution in [-0.4, -0.2) is 18.5 Å². The number of hydrogen-bond donors (Lipinski definition) is 2. The first kappa shape index (κ1) is 16.7. The molecule has 0 bridgehead atoms. The van der Waals surface area contributed by atoms with E-state index in [9.17, 15) is 4.79 Å². The third-order valence-electron chi connectivity index (χ3n) is 3.30. The Balaban J connectivity index is 2.69. The minimum absolute atomic E-state index is 0.00925. The Hall–Kier alpha value is -1.35. The van der Waals surface area contributed by atoms with Gasteiger partial charge in [0.15, 0.2) is 0 Å².